The first-order valence-corrected chi connectivity index (χ1v) is 10.3. The Balaban J connectivity index is 2.52. The summed E-state index contributed by atoms with van der Waals surface area (Å²) in [6, 6.07) is 10.8. The van der Waals surface area contributed by atoms with Crippen molar-refractivity contribution in [2.75, 3.05) is 13.7 Å². The van der Waals surface area contributed by atoms with Crippen LogP contribution in [0.4, 0.5) is 0 Å². The predicted molar refractivity (Wildman–Crippen MR) is 107 cm³/mol. The predicted octanol–water partition coefficient (Wildman–Crippen LogP) is 2.66. The smallest absolute Gasteiger partial charge is 0.336 e. The van der Waals surface area contributed by atoms with Crippen LogP contribution in [0.2, 0.25) is 0 Å². The summed E-state index contributed by atoms with van der Waals surface area (Å²) in [6.45, 7) is 1.02. The Morgan fingerprint density at radius 2 is 1.78 bits per heavy atom. The molecule has 9 heteroatoms. The van der Waals surface area contributed by atoms with Gasteiger partial charge in [-0.25, -0.2) is 13.2 Å². The Morgan fingerprint density at radius 1 is 1.15 bits per heavy atom. The van der Waals surface area contributed by atoms with Gasteiger partial charge in [0.2, 0.25) is 10.0 Å². The van der Waals surface area contributed by atoms with E-state index in [9.17, 15) is 23.1 Å². The summed E-state index contributed by atoms with van der Waals surface area (Å²) in [6.07, 6.45) is 0. The highest BCUT2D eigenvalue weighted by Gasteiger charge is 2.29. The minimum Gasteiger partial charge on any atom is -0.478 e. The number of carboxylic acids is 1. The number of halogens is 1. The molecule has 27 heavy (non-hydrogen) atoms. The van der Waals surface area contributed by atoms with Gasteiger partial charge >= 0.3 is 11.9 Å². The van der Waals surface area contributed by atoms with Crippen LogP contribution < -0.4 is 0 Å². The highest BCUT2D eigenvalue weighted by Crippen LogP contribution is 2.24. The number of aryl methyl sites for hydroxylation is 1. The number of carboxylic acid groups (broad SMARTS) is 1. The molecule has 0 spiro atoms. The fourth-order valence-corrected chi connectivity index (χ4v) is 4.41. The van der Waals surface area contributed by atoms with E-state index in [-0.39, 0.29) is 17.0 Å². The van der Waals surface area contributed by atoms with Gasteiger partial charge in [-0.3, -0.25) is 4.79 Å². The topological polar surface area (TPSA) is 101 Å². The lowest BCUT2D eigenvalue weighted by molar-refractivity contribution is -0.140. The van der Waals surface area contributed by atoms with Gasteiger partial charge in [0.05, 0.1) is 17.6 Å². The van der Waals surface area contributed by atoms with Crippen molar-refractivity contribution in [3.05, 3.63) is 62.7 Å². The normalized spacial score (nSPS) is 11.4. The molecule has 144 valence electrons. The molecule has 0 aliphatic rings. The second-order valence-electron chi connectivity index (χ2n) is 5.73. The number of ether oxygens (including phenoxy) is 1. The first-order valence-electron chi connectivity index (χ1n) is 7.81. The molecule has 2 aromatic carbocycles. The Hall–Kier alpha value is -1.98. The summed E-state index contributed by atoms with van der Waals surface area (Å²) in [7, 11) is -2.88. The molecule has 0 aliphatic carbocycles. The van der Waals surface area contributed by atoms with Crippen LogP contribution in [0, 0.1) is 10.5 Å². The maximum atomic E-state index is 13.1. The van der Waals surface area contributed by atoms with Gasteiger partial charge in [0.25, 0.3) is 0 Å². The molecule has 0 fully saturated rings. The number of sulfonamides is 1. The molecule has 2 rings (SSSR count). The van der Waals surface area contributed by atoms with Gasteiger partial charge in [-0.15, -0.1) is 0 Å². The Bertz CT molecular complexity index is 956. The summed E-state index contributed by atoms with van der Waals surface area (Å²) in [5.74, 6) is -1.91. The maximum Gasteiger partial charge on any atom is 0.336 e. The van der Waals surface area contributed by atoms with E-state index < -0.39 is 28.5 Å². The summed E-state index contributed by atoms with van der Waals surface area (Å²) in [4.78, 5) is 23.3. The zero-order valence-corrected chi connectivity index (χ0v) is 17.7. The standard InChI is InChI=1S/C18H18INO6S/c1-12-6-8-13(9-7-12)27(24,25)20(11-17(21)26-2)10-15-14(18(22)23)4-3-5-16(15)19/h3-9H,10-11H2,1-2H3,(H,22,23). The average molecular weight is 503 g/mol. The molecule has 0 bridgehead atoms. The van der Waals surface area contributed by atoms with E-state index in [0.717, 1.165) is 17.0 Å². The Labute approximate surface area is 171 Å². The van der Waals surface area contributed by atoms with Gasteiger partial charge in [0.1, 0.15) is 6.54 Å². The fourth-order valence-electron chi connectivity index (χ4n) is 2.39. The molecule has 0 amide bonds. The summed E-state index contributed by atoms with van der Waals surface area (Å²) in [5.41, 5.74) is 1.18. The molecule has 0 radical (unpaired) electrons. The lowest BCUT2D eigenvalue weighted by atomic mass is 10.1. The molecule has 0 atom stereocenters. The number of benzene rings is 2. The number of aromatic carboxylic acids is 1. The van der Waals surface area contributed by atoms with Crippen molar-refractivity contribution in [1.82, 2.24) is 4.31 Å². The van der Waals surface area contributed by atoms with Crippen LogP contribution in [-0.2, 0) is 26.1 Å². The number of carbonyl (C=O) groups excluding carboxylic acids is 1. The third kappa shape index (κ3) is 5.05. The van der Waals surface area contributed by atoms with Gasteiger partial charge < -0.3 is 9.84 Å². The first kappa shape index (κ1) is 21.3. The van der Waals surface area contributed by atoms with Gasteiger partial charge in [-0.05, 0) is 59.3 Å². The number of carbonyl (C=O) groups is 2. The van der Waals surface area contributed by atoms with Gasteiger partial charge in [0, 0.05) is 10.1 Å². The van der Waals surface area contributed by atoms with Gasteiger partial charge in [-0.1, -0.05) is 23.8 Å². The van der Waals surface area contributed by atoms with E-state index >= 15 is 0 Å². The number of hydrogen-bond acceptors (Lipinski definition) is 5. The second kappa shape index (κ2) is 8.81. The fraction of sp³-hybridized carbons (Fsp3) is 0.222. The molecule has 1 N–H and O–H groups in total. The van der Waals surface area contributed by atoms with Crippen molar-refractivity contribution in [2.45, 2.75) is 18.4 Å². The van der Waals surface area contributed by atoms with E-state index in [1.54, 1.807) is 24.3 Å². The zero-order chi connectivity index (χ0) is 20.2. The third-order valence-corrected chi connectivity index (χ3v) is 6.69. The van der Waals surface area contributed by atoms with E-state index in [4.69, 9.17) is 0 Å². The van der Waals surface area contributed by atoms with Crippen LogP contribution in [0.1, 0.15) is 21.5 Å². The monoisotopic (exact) mass is 503 g/mol. The van der Waals surface area contributed by atoms with Crippen molar-refractivity contribution < 1.29 is 27.9 Å². The molecule has 0 aliphatic heterocycles. The van der Waals surface area contributed by atoms with E-state index in [1.807, 2.05) is 29.5 Å². The quantitative estimate of drug-likeness (QED) is 0.461. The molecule has 2 aromatic rings. The summed E-state index contributed by atoms with van der Waals surface area (Å²) in [5, 5.41) is 9.42. The van der Waals surface area contributed by atoms with Crippen molar-refractivity contribution in [1.29, 1.82) is 0 Å². The van der Waals surface area contributed by atoms with Crippen LogP contribution in [0.3, 0.4) is 0 Å². The molecule has 0 saturated heterocycles. The van der Waals surface area contributed by atoms with E-state index in [1.165, 1.54) is 18.2 Å². The van der Waals surface area contributed by atoms with Crippen molar-refractivity contribution in [2.24, 2.45) is 0 Å². The van der Waals surface area contributed by atoms with Gasteiger partial charge in [-0.2, -0.15) is 4.31 Å². The highest BCUT2D eigenvalue weighted by atomic mass is 127. The number of esters is 1. The molecule has 0 aromatic heterocycles. The van der Waals surface area contributed by atoms with Crippen molar-refractivity contribution >= 4 is 44.6 Å². The Morgan fingerprint density at radius 3 is 2.33 bits per heavy atom. The number of rotatable bonds is 7. The zero-order valence-electron chi connectivity index (χ0n) is 14.7. The maximum absolute atomic E-state index is 13.1. The number of methoxy groups -OCH3 is 1. The molecule has 0 unspecified atom stereocenters. The third-order valence-electron chi connectivity index (χ3n) is 3.88. The first-order chi connectivity index (χ1) is 12.7. The molecular weight excluding hydrogens is 485 g/mol. The van der Waals surface area contributed by atoms with Crippen LogP contribution in [0.25, 0.3) is 0 Å². The highest BCUT2D eigenvalue weighted by molar-refractivity contribution is 14.1. The van der Waals surface area contributed by atoms with Gasteiger partial charge in [0.15, 0.2) is 0 Å². The van der Waals surface area contributed by atoms with Crippen LogP contribution >= 0.6 is 22.6 Å². The van der Waals surface area contributed by atoms with Crippen molar-refractivity contribution in [3.63, 3.8) is 0 Å². The van der Waals surface area contributed by atoms with Crippen molar-refractivity contribution in [3.8, 4) is 0 Å². The largest absolute Gasteiger partial charge is 0.478 e. The number of hydrogen-bond donors (Lipinski definition) is 1. The minimum atomic E-state index is -4.04. The lowest BCUT2D eigenvalue weighted by Crippen LogP contribution is -2.36. The van der Waals surface area contributed by atoms with Crippen LogP contribution in [0.5, 0.6) is 0 Å². The van der Waals surface area contributed by atoms with E-state index in [2.05, 4.69) is 4.74 Å². The summed E-state index contributed by atoms with van der Waals surface area (Å²) >= 11 is 1.94. The molecule has 0 heterocycles. The van der Waals surface area contributed by atoms with Crippen LogP contribution in [-0.4, -0.2) is 43.4 Å². The number of nitrogens with zero attached hydrogens (tertiary/aromatic N) is 1. The summed E-state index contributed by atoms with van der Waals surface area (Å²) < 4.78 is 32.2. The lowest BCUT2D eigenvalue weighted by Gasteiger charge is -2.22. The minimum absolute atomic E-state index is 0.0137. The molecule has 0 saturated carbocycles. The van der Waals surface area contributed by atoms with E-state index in [0.29, 0.717) is 9.13 Å². The second-order valence-corrected chi connectivity index (χ2v) is 8.83. The SMILES string of the molecule is COC(=O)CN(Cc1c(I)cccc1C(=O)O)S(=O)(=O)c1ccc(C)cc1. The molecule has 7 nitrogen and oxygen atoms in total. The molecular formula is C18H18INO6S. The average Bonchev–Trinajstić information content (AvgIpc) is 2.62. The Kier molecular flexibility index (Phi) is 6.95. The van der Waals surface area contributed by atoms with Crippen LogP contribution in [0.15, 0.2) is 47.4 Å².